The van der Waals surface area contributed by atoms with Crippen LogP contribution in [0.4, 0.5) is 0 Å². The van der Waals surface area contributed by atoms with Crippen LogP contribution < -0.4 is 11.1 Å². The van der Waals surface area contributed by atoms with Crippen LogP contribution >= 0.6 is 11.3 Å². The quantitative estimate of drug-likeness (QED) is 0.860. The number of hydrogen-bond donors (Lipinski definition) is 2. The molecule has 1 amide bonds. The molecule has 0 aliphatic heterocycles. The average molecular weight is 253 g/mol. The zero-order valence-corrected chi connectivity index (χ0v) is 10.9. The van der Waals surface area contributed by atoms with E-state index >= 15 is 0 Å². The van der Waals surface area contributed by atoms with E-state index in [0.29, 0.717) is 6.54 Å². The summed E-state index contributed by atoms with van der Waals surface area (Å²) >= 11 is 1.56. The minimum Gasteiger partial charge on any atom is -0.347 e. The fourth-order valence-corrected chi connectivity index (χ4v) is 3.08. The number of hydrogen-bond acceptors (Lipinski definition) is 4. The lowest BCUT2D eigenvalue weighted by atomic mass is 9.85. The molecule has 1 aromatic rings. The number of nitrogens with zero attached hydrogens (tertiary/aromatic N) is 1. The van der Waals surface area contributed by atoms with Gasteiger partial charge in [0.15, 0.2) is 0 Å². The molecule has 1 aliphatic carbocycles. The molecule has 1 unspecified atom stereocenters. The van der Waals surface area contributed by atoms with Gasteiger partial charge in [-0.25, -0.2) is 4.98 Å². The molecule has 1 saturated carbocycles. The first-order valence-corrected chi connectivity index (χ1v) is 6.96. The molecule has 3 N–H and O–H groups in total. The second-order valence-corrected chi connectivity index (χ2v) is 5.68. The van der Waals surface area contributed by atoms with Gasteiger partial charge in [0.25, 0.3) is 0 Å². The van der Waals surface area contributed by atoms with E-state index in [1.54, 1.807) is 17.5 Å². The van der Waals surface area contributed by atoms with Gasteiger partial charge in [0.05, 0.1) is 11.5 Å². The molecule has 1 aliphatic rings. The topological polar surface area (TPSA) is 68.0 Å². The normalized spacial score (nSPS) is 20.1. The highest BCUT2D eigenvalue weighted by Gasteiger charge is 2.40. The SMILES string of the molecule is CC(NC(=O)C1(CN)CCCC1)c1nccs1. The summed E-state index contributed by atoms with van der Waals surface area (Å²) in [6.07, 6.45) is 5.81. The molecule has 1 aromatic heterocycles. The average Bonchev–Trinajstić information content (AvgIpc) is 3.01. The van der Waals surface area contributed by atoms with Gasteiger partial charge in [0.2, 0.25) is 5.91 Å². The summed E-state index contributed by atoms with van der Waals surface area (Å²) in [6.45, 7) is 2.42. The van der Waals surface area contributed by atoms with Crippen LogP contribution in [-0.2, 0) is 4.79 Å². The Kier molecular flexibility index (Phi) is 3.79. The van der Waals surface area contributed by atoms with Gasteiger partial charge in [0.1, 0.15) is 5.01 Å². The van der Waals surface area contributed by atoms with Gasteiger partial charge in [-0.2, -0.15) is 0 Å². The number of thiazole rings is 1. The van der Waals surface area contributed by atoms with Gasteiger partial charge in [-0.1, -0.05) is 12.8 Å². The standard InChI is InChI=1S/C12H19N3OS/c1-9(10-14-6-7-17-10)15-11(16)12(8-13)4-2-3-5-12/h6-7,9H,2-5,8,13H2,1H3,(H,15,16). The third-order valence-corrected chi connectivity index (χ3v) is 4.56. The third kappa shape index (κ3) is 2.50. The van der Waals surface area contributed by atoms with Crippen molar-refractivity contribution >= 4 is 17.2 Å². The van der Waals surface area contributed by atoms with Crippen LogP contribution in [0.15, 0.2) is 11.6 Å². The van der Waals surface area contributed by atoms with Crippen LogP contribution in [0.25, 0.3) is 0 Å². The van der Waals surface area contributed by atoms with Crippen molar-refractivity contribution in [2.45, 2.75) is 38.6 Å². The Balaban J connectivity index is 2.01. The van der Waals surface area contributed by atoms with E-state index in [1.165, 1.54) is 0 Å². The Bertz CT molecular complexity index is 371. The Morgan fingerprint density at radius 2 is 2.35 bits per heavy atom. The first-order chi connectivity index (χ1) is 8.18. The zero-order chi connectivity index (χ0) is 12.3. The maximum Gasteiger partial charge on any atom is 0.228 e. The lowest BCUT2D eigenvalue weighted by Crippen LogP contribution is -2.44. The third-order valence-electron chi connectivity index (χ3n) is 3.60. The maximum absolute atomic E-state index is 12.3. The number of nitrogens with one attached hydrogen (secondary N) is 1. The highest BCUT2D eigenvalue weighted by atomic mass is 32.1. The molecule has 0 aromatic carbocycles. The second kappa shape index (κ2) is 5.14. The van der Waals surface area contributed by atoms with Gasteiger partial charge in [0, 0.05) is 18.1 Å². The number of rotatable bonds is 4. The zero-order valence-electron chi connectivity index (χ0n) is 10.1. The number of amides is 1. The van der Waals surface area contributed by atoms with E-state index in [2.05, 4.69) is 10.3 Å². The predicted molar refractivity (Wildman–Crippen MR) is 68.6 cm³/mol. The lowest BCUT2D eigenvalue weighted by molar-refractivity contribution is -0.131. The smallest absolute Gasteiger partial charge is 0.228 e. The molecule has 0 spiro atoms. The number of nitrogens with two attached hydrogens (primary N) is 1. The molecule has 1 fully saturated rings. The first-order valence-electron chi connectivity index (χ1n) is 6.08. The fourth-order valence-electron chi connectivity index (χ4n) is 2.44. The summed E-state index contributed by atoms with van der Waals surface area (Å²) in [7, 11) is 0. The van der Waals surface area contributed by atoms with E-state index in [1.807, 2.05) is 12.3 Å². The Morgan fingerprint density at radius 3 is 2.88 bits per heavy atom. The monoisotopic (exact) mass is 253 g/mol. The first kappa shape index (κ1) is 12.5. The number of carbonyl (C=O) groups is 1. The maximum atomic E-state index is 12.3. The molecule has 94 valence electrons. The van der Waals surface area contributed by atoms with Crippen molar-refractivity contribution in [1.82, 2.24) is 10.3 Å². The summed E-state index contributed by atoms with van der Waals surface area (Å²) in [5.41, 5.74) is 5.46. The second-order valence-electron chi connectivity index (χ2n) is 4.76. The predicted octanol–water partition coefficient (Wildman–Crippen LogP) is 1.84. The minimum atomic E-state index is -0.328. The fraction of sp³-hybridized carbons (Fsp3) is 0.667. The molecule has 2 rings (SSSR count). The van der Waals surface area contributed by atoms with Crippen LogP contribution in [-0.4, -0.2) is 17.4 Å². The molecule has 1 heterocycles. The highest BCUT2D eigenvalue weighted by Crippen LogP contribution is 2.37. The summed E-state index contributed by atoms with van der Waals surface area (Å²) in [6, 6.07) is -0.0217. The van der Waals surface area contributed by atoms with E-state index in [-0.39, 0.29) is 17.4 Å². The van der Waals surface area contributed by atoms with E-state index in [4.69, 9.17) is 5.73 Å². The summed E-state index contributed by atoms with van der Waals surface area (Å²) in [4.78, 5) is 16.5. The summed E-state index contributed by atoms with van der Waals surface area (Å²) < 4.78 is 0. The van der Waals surface area contributed by atoms with Gasteiger partial charge < -0.3 is 11.1 Å². The molecule has 0 saturated heterocycles. The Hall–Kier alpha value is -0.940. The van der Waals surface area contributed by atoms with E-state index < -0.39 is 0 Å². The molecule has 5 heteroatoms. The van der Waals surface area contributed by atoms with Crippen LogP contribution in [0.5, 0.6) is 0 Å². The number of aromatic nitrogens is 1. The summed E-state index contributed by atoms with van der Waals surface area (Å²) in [5.74, 6) is 0.0974. The highest BCUT2D eigenvalue weighted by molar-refractivity contribution is 7.09. The van der Waals surface area contributed by atoms with Crippen molar-refractivity contribution in [3.8, 4) is 0 Å². The Labute approximate surface area is 106 Å². The van der Waals surface area contributed by atoms with Gasteiger partial charge in [-0.3, -0.25) is 4.79 Å². The van der Waals surface area contributed by atoms with Crippen LogP contribution in [0.2, 0.25) is 0 Å². The Morgan fingerprint density at radius 1 is 1.65 bits per heavy atom. The van der Waals surface area contributed by atoms with Crippen LogP contribution in [0, 0.1) is 5.41 Å². The number of carbonyl (C=O) groups excluding carboxylic acids is 1. The summed E-state index contributed by atoms with van der Waals surface area (Å²) in [5, 5.41) is 5.92. The largest absolute Gasteiger partial charge is 0.347 e. The van der Waals surface area contributed by atoms with Gasteiger partial charge in [-0.05, 0) is 19.8 Å². The van der Waals surface area contributed by atoms with Crippen LogP contribution in [0.1, 0.15) is 43.7 Å². The molecule has 17 heavy (non-hydrogen) atoms. The molecule has 0 bridgehead atoms. The molecule has 4 nitrogen and oxygen atoms in total. The van der Waals surface area contributed by atoms with Crippen molar-refractivity contribution in [2.75, 3.05) is 6.54 Å². The van der Waals surface area contributed by atoms with Crippen molar-refractivity contribution in [3.63, 3.8) is 0 Å². The van der Waals surface area contributed by atoms with Crippen LogP contribution in [0.3, 0.4) is 0 Å². The molecular formula is C12H19N3OS. The van der Waals surface area contributed by atoms with Gasteiger partial charge >= 0.3 is 0 Å². The van der Waals surface area contributed by atoms with E-state index in [0.717, 1.165) is 30.7 Å². The van der Waals surface area contributed by atoms with E-state index in [9.17, 15) is 4.79 Å². The molecule has 0 radical (unpaired) electrons. The van der Waals surface area contributed by atoms with Gasteiger partial charge in [-0.15, -0.1) is 11.3 Å². The lowest BCUT2D eigenvalue weighted by Gasteiger charge is -2.27. The van der Waals surface area contributed by atoms with Crippen molar-refractivity contribution < 1.29 is 4.79 Å². The molecule has 1 atom stereocenters. The van der Waals surface area contributed by atoms with Crippen molar-refractivity contribution in [3.05, 3.63) is 16.6 Å². The molecular weight excluding hydrogens is 234 g/mol. The van der Waals surface area contributed by atoms with Crippen molar-refractivity contribution in [1.29, 1.82) is 0 Å². The van der Waals surface area contributed by atoms with Crippen molar-refractivity contribution in [2.24, 2.45) is 11.1 Å². The minimum absolute atomic E-state index is 0.0217.